The number of hydrogen-bond donors (Lipinski definition) is 2. The van der Waals surface area contributed by atoms with Crippen LogP contribution in [0.2, 0.25) is 0 Å². The Morgan fingerprint density at radius 2 is 1.75 bits per heavy atom. The SMILES string of the molecule is CCOCCCNC(=S)NC(=O)c1cc(OC)c(OC)c(OC)c1. The molecule has 0 aliphatic heterocycles. The van der Waals surface area contributed by atoms with Crippen LogP contribution in [0.25, 0.3) is 0 Å². The van der Waals surface area contributed by atoms with Gasteiger partial charge < -0.3 is 24.3 Å². The van der Waals surface area contributed by atoms with E-state index in [1.807, 2.05) is 6.92 Å². The van der Waals surface area contributed by atoms with Crippen LogP contribution >= 0.6 is 12.2 Å². The van der Waals surface area contributed by atoms with Crippen molar-refractivity contribution in [1.82, 2.24) is 10.6 Å². The summed E-state index contributed by atoms with van der Waals surface area (Å²) in [7, 11) is 4.48. The van der Waals surface area contributed by atoms with E-state index in [4.69, 9.17) is 31.2 Å². The van der Waals surface area contributed by atoms with Crippen LogP contribution in [0.15, 0.2) is 12.1 Å². The molecule has 1 amide bonds. The van der Waals surface area contributed by atoms with Gasteiger partial charge in [0.05, 0.1) is 21.3 Å². The molecule has 0 heterocycles. The summed E-state index contributed by atoms with van der Waals surface area (Å²) in [6.07, 6.45) is 0.800. The minimum atomic E-state index is -0.364. The molecule has 8 heteroatoms. The number of benzene rings is 1. The van der Waals surface area contributed by atoms with Crippen LogP contribution < -0.4 is 24.8 Å². The third kappa shape index (κ3) is 5.86. The lowest BCUT2D eigenvalue weighted by Gasteiger charge is -2.14. The van der Waals surface area contributed by atoms with Crippen molar-refractivity contribution in [2.45, 2.75) is 13.3 Å². The molecular formula is C16H24N2O5S. The van der Waals surface area contributed by atoms with Crippen LogP contribution in [0.4, 0.5) is 0 Å². The first-order chi connectivity index (χ1) is 11.6. The Balaban J connectivity index is 2.68. The smallest absolute Gasteiger partial charge is 0.257 e. The molecule has 1 aromatic carbocycles. The van der Waals surface area contributed by atoms with Crippen molar-refractivity contribution in [1.29, 1.82) is 0 Å². The average molecular weight is 356 g/mol. The number of carbonyl (C=O) groups is 1. The first kappa shape index (κ1) is 20.0. The fourth-order valence-electron chi connectivity index (χ4n) is 1.95. The second-order valence-electron chi connectivity index (χ2n) is 4.67. The number of carbonyl (C=O) groups excluding carboxylic acids is 1. The van der Waals surface area contributed by atoms with Crippen LogP contribution in [-0.4, -0.2) is 52.1 Å². The molecule has 24 heavy (non-hydrogen) atoms. The summed E-state index contributed by atoms with van der Waals surface area (Å²) in [6.45, 7) is 3.89. The summed E-state index contributed by atoms with van der Waals surface area (Å²) in [6, 6.07) is 3.13. The molecule has 0 unspecified atom stereocenters. The standard InChI is InChI=1S/C16H24N2O5S/c1-5-23-8-6-7-17-16(24)18-15(19)11-9-12(20-2)14(22-4)13(10-11)21-3/h9-10H,5-8H2,1-4H3,(H2,17,18,19,24). The topological polar surface area (TPSA) is 78.1 Å². The van der Waals surface area contributed by atoms with Gasteiger partial charge in [-0.2, -0.15) is 0 Å². The molecule has 0 saturated heterocycles. The largest absolute Gasteiger partial charge is 0.493 e. The van der Waals surface area contributed by atoms with Gasteiger partial charge in [-0.3, -0.25) is 10.1 Å². The van der Waals surface area contributed by atoms with Crippen molar-refractivity contribution < 1.29 is 23.7 Å². The maximum atomic E-state index is 12.3. The van der Waals surface area contributed by atoms with E-state index >= 15 is 0 Å². The van der Waals surface area contributed by atoms with Gasteiger partial charge in [-0.15, -0.1) is 0 Å². The van der Waals surface area contributed by atoms with E-state index in [-0.39, 0.29) is 11.0 Å². The molecule has 1 rings (SSSR count). The van der Waals surface area contributed by atoms with Gasteiger partial charge in [-0.25, -0.2) is 0 Å². The maximum Gasteiger partial charge on any atom is 0.257 e. The number of methoxy groups -OCH3 is 3. The Labute approximate surface area is 147 Å². The Bertz CT molecular complexity index is 540. The quantitative estimate of drug-likeness (QED) is 0.515. The molecular weight excluding hydrogens is 332 g/mol. The normalized spacial score (nSPS) is 10.0. The van der Waals surface area contributed by atoms with Gasteiger partial charge in [0.1, 0.15) is 0 Å². The van der Waals surface area contributed by atoms with Gasteiger partial charge >= 0.3 is 0 Å². The highest BCUT2D eigenvalue weighted by Crippen LogP contribution is 2.38. The van der Waals surface area contributed by atoms with Crippen LogP contribution in [0.1, 0.15) is 23.7 Å². The lowest BCUT2D eigenvalue weighted by Crippen LogP contribution is -2.39. The monoisotopic (exact) mass is 356 g/mol. The highest BCUT2D eigenvalue weighted by molar-refractivity contribution is 7.80. The molecule has 0 aliphatic rings. The molecule has 7 nitrogen and oxygen atoms in total. The highest BCUT2D eigenvalue weighted by Gasteiger charge is 2.17. The number of amides is 1. The predicted molar refractivity (Wildman–Crippen MR) is 95.3 cm³/mol. The summed E-state index contributed by atoms with van der Waals surface area (Å²) in [4.78, 5) is 12.3. The zero-order valence-electron chi connectivity index (χ0n) is 14.4. The van der Waals surface area contributed by atoms with Crippen molar-refractivity contribution >= 4 is 23.2 Å². The van der Waals surface area contributed by atoms with Crippen LogP contribution in [-0.2, 0) is 4.74 Å². The predicted octanol–water partition coefficient (Wildman–Crippen LogP) is 1.74. The minimum absolute atomic E-state index is 0.255. The van der Waals surface area contributed by atoms with Crippen molar-refractivity contribution in [3.63, 3.8) is 0 Å². The number of nitrogens with one attached hydrogen (secondary N) is 2. The fraction of sp³-hybridized carbons (Fsp3) is 0.500. The molecule has 1 aromatic rings. The van der Waals surface area contributed by atoms with Crippen molar-refractivity contribution in [3.05, 3.63) is 17.7 Å². The van der Waals surface area contributed by atoms with Gasteiger partial charge in [0.2, 0.25) is 5.75 Å². The fourth-order valence-corrected chi connectivity index (χ4v) is 2.15. The molecule has 0 fully saturated rings. The summed E-state index contributed by atoms with van der Waals surface area (Å²) in [5, 5.41) is 5.83. The van der Waals surface area contributed by atoms with Gasteiger partial charge in [-0.1, -0.05) is 0 Å². The molecule has 0 bridgehead atoms. The Hall–Kier alpha value is -2.06. The van der Waals surface area contributed by atoms with E-state index in [9.17, 15) is 4.79 Å². The third-order valence-electron chi connectivity index (χ3n) is 3.11. The van der Waals surface area contributed by atoms with Crippen LogP contribution in [0, 0.1) is 0 Å². The van der Waals surface area contributed by atoms with Crippen molar-refractivity contribution in [3.8, 4) is 17.2 Å². The zero-order valence-corrected chi connectivity index (χ0v) is 15.2. The summed E-state index contributed by atoms with van der Waals surface area (Å²) in [5.74, 6) is 0.861. The number of thiocarbonyl (C=S) groups is 1. The summed E-state index contributed by atoms with van der Waals surface area (Å²) in [5.41, 5.74) is 0.350. The molecule has 0 atom stereocenters. The lowest BCUT2D eigenvalue weighted by molar-refractivity contribution is 0.0976. The van der Waals surface area contributed by atoms with Gasteiger partial charge in [0, 0.05) is 25.3 Å². The Morgan fingerprint density at radius 3 is 2.25 bits per heavy atom. The van der Waals surface area contributed by atoms with E-state index in [0.29, 0.717) is 42.6 Å². The van der Waals surface area contributed by atoms with E-state index in [0.717, 1.165) is 6.42 Å². The number of ether oxygens (including phenoxy) is 4. The van der Waals surface area contributed by atoms with E-state index in [2.05, 4.69) is 10.6 Å². The van der Waals surface area contributed by atoms with Crippen LogP contribution in [0.3, 0.4) is 0 Å². The summed E-state index contributed by atoms with van der Waals surface area (Å²) < 4.78 is 20.9. The number of rotatable bonds is 9. The molecule has 0 aromatic heterocycles. The lowest BCUT2D eigenvalue weighted by atomic mass is 10.1. The molecule has 0 spiro atoms. The average Bonchev–Trinajstić information content (AvgIpc) is 2.59. The van der Waals surface area contributed by atoms with Crippen molar-refractivity contribution in [2.24, 2.45) is 0 Å². The van der Waals surface area contributed by atoms with E-state index in [1.165, 1.54) is 21.3 Å². The van der Waals surface area contributed by atoms with Crippen LogP contribution in [0.5, 0.6) is 17.2 Å². The summed E-state index contributed by atoms with van der Waals surface area (Å²) >= 11 is 5.11. The van der Waals surface area contributed by atoms with E-state index in [1.54, 1.807) is 12.1 Å². The Morgan fingerprint density at radius 1 is 1.12 bits per heavy atom. The second kappa shape index (κ2) is 10.7. The Kier molecular flexibility index (Phi) is 8.88. The molecule has 134 valence electrons. The highest BCUT2D eigenvalue weighted by atomic mass is 32.1. The molecule has 0 saturated carbocycles. The molecule has 0 radical (unpaired) electrons. The first-order valence-corrected chi connectivity index (χ1v) is 7.95. The van der Waals surface area contributed by atoms with Gasteiger partial charge in [0.25, 0.3) is 5.91 Å². The van der Waals surface area contributed by atoms with Crippen molar-refractivity contribution in [2.75, 3.05) is 41.1 Å². The van der Waals surface area contributed by atoms with Gasteiger partial charge in [-0.05, 0) is 37.7 Å². The van der Waals surface area contributed by atoms with Gasteiger partial charge in [0.15, 0.2) is 16.6 Å². The maximum absolute atomic E-state index is 12.3. The number of hydrogen-bond acceptors (Lipinski definition) is 6. The molecule has 0 aliphatic carbocycles. The second-order valence-corrected chi connectivity index (χ2v) is 5.08. The van der Waals surface area contributed by atoms with E-state index < -0.39 is 0 Å². The zero-order chi connectivity index (χ0) is 17.9. The first-order valence-electron chi connectivity index (χ1n) is 7.54. The third-order valence-corrected chi connectivity index (χ3v) is 3.36. The molecule has 2 N–H and O–H groups in total. The minimum Gasteiger partial charge on any atom is -0.493 e.